The van der Waals surface area contributed by atoms with Crippen LogP contribution in [0.5, 0.6) is 0 Å². The molecule has 2 amide bonds. The highest BCUT2D eigenvalue weighted by atomic mass is 32.2. The van der Waals surface area contributed by atoms with Gasteiger partial charge in [0.2, 0.25) is 5.69 Å². The Bertz CT molecular complexity index is 2760. The summed E-state index contributed by atoms with van der Waals surface area (Å²) in [7, 11) is -8.57. The Labute approximate surface area is 382 Å². The Hall–Kier alpha value is -4.74. The van der Waals surface area contributed by atoms with Gasteiger partial charge in [-0.3, -0.25) is 18.7 Å². The summed E-state index contributed by atoms with van der Waals surface area (Å²) >= 11 is 1.49. The molecular weight excluding hydrogens is 871 g/mol. The van der Waals surface area contributed by atoms with Crippen LogP contribution in [0.4, 0.5) is 11.4 Å². The Morgan fingerprint density at radius 3 is 2.22 bits per heavy atom. The van der Waals surface area contributed by atoms with E-state index in [-0.39, 0.29) is 29.8 Å². The Kier molecular flexibility index (Phi) is 15.1. The number of amides is 2. The van der Waals surface area contributed by atoms with Gasteiger partial charge in [-0.15, -0.1) is 11.3 Å². The number of pyridine rings is 1. The normalized spacial score (nSPS) is 17.8. The van der Waals surface area contributed by atoms with Gasteiger partial charge in [0.15, 0.2) is 5.71 Å². The van der Waals surface area contributed by atoms with E-state index < -0.39 is 49.0 Å². The molecular formula is C48H62N5O8S3+. The molecule has 2 aliphatic heterocycles. The first-order valence-electron chi connectivity index (χ1n) is 22.2. The van der Waals surface area contributed by atoms with Crippen molar-refractivity contribution in [1.29, 1.82) is 0 Å². The third kappa shape index (κ3) is 10.5. The van der Waals surface area contributed by atoms with Gasteiger partial charge >= 0.3 is 0 Å². The standard InChI is InChI=1S/C48H61N5O8S3/c1-8-11-12-13-23-52-40-19-18-32(4)28-36(40)47(5,6)41(52)16-14-17-42-48(7,21-9-2)37-31-35(44-34(20-25-62-44)43(37)53(42)24-15-26-63(56,57)58)33-29-38(45(54)49-10-3)51-39(30-33)46(55)50-22-27-64(59,60)61/h14,16-20,25,28-31H,8-13,15,21-24,26-27H2,1-7H3,(H3-,49,50,54,55,56,57,58,59,60,61)/p+1/t48-/m0/s1. The molecule has 0 radical (unpaired) electrons. The van der Waals surface area contributed by atoms with Crippen molar-refractivity contribution in [2.75, 3.05) is 42.6 Å². The molecule has 64 heavy (non-hydrogen) atoms. The monoisotopic (exact) mass is 932 g/mol. The van der Waals surface area contributed by atoms with Gasteiger partial charge in [0.1, 0.15) is 17.9 Å². The number of nitrogens with zero attached hydrogens (tertiary/aromatic N) is 3. The Morgan fingerprint density at radius 1 is 0.859 bits per heavy atom. The number of thiophene rings is 1. The summed E-state index contributed by atoms with van der Waals surface area (Å²) in [6.07, 6.45) is 12.8. The molecule has 0 saturated heterocycles. The summed E-state index contributed by atoms with van der Waals surface area (Å²) < 4.78 is 69.1. The van der Waals surface area contributed by atoms with Crippen molar-refractivity contribution in [1.82, 2.24) is 15.6 Å². The van der Waals surface area contributed by atoms with Gasteiger partial charge in [-0.1, -0.05) is 77.2 Å². The van der Waals surface area contributed by atoms with Crippen LogP contribution in [0.15, 0.2) is 71.8 Å². The molecule has 2 aromatic carbocycles. The number of allylic oxidation sites excluding steroid dienone is 4. The van der Waals surface area contributed by atoms with Crippen LogP contribution in [0.1, 0.15) is 124 Å². The number of carbonyl (C=O) groups is 2. The zero-order valence-electron chi connectivity index (χ0n) is 38.0. The van der Waals surface area contributed by atoms with E-state index in [9.17, 15) is 35.5 Å². The van der Waals surface area contributed by atoms with Crippen molar-refractivity contribution in [2.45, 2.75) is 104 Å². The SMILES string of the molecule is CCCCCCN1/C(=C/C=C/C2=[N+](CCCS(=O)(=O)O)c3c(cc(-c4cc(C(=O)NCC)nc(C(=O)NCCS(=O)(=O)O)c4)c4sccc34)[C@]2(C)CCC)C(C)(C)c2cc(C)ccc21. The number of fused-ring (bicyclic) bond motifs is 4. The van der Waals surface area contributed by atoms with E-state index in [4.69, 9.17) is 0 Å². The molecule has 2 aromatic heterocycles. The second kappa shape index (κ2) is 19.8. The van der Waals surface area contributed by atoms with Crippen LogP contribution in [-0.2, 0) is 31.1 Å². The van der Waals surface area contributed by atoms with Crippen LogP contribution >= 0.6 is 11.3 Å². The molecule has 0 bridgehead atoms. The van der Waals surface area contributed by atoms with Crippen LogP contribution in [0, 0.1) is 6.92 Å². The number of unbranched alkanes of at least 4 members (excludes halogenated alkanes) is 3. The number of rotatable bonds is 20. The Morgan fingerprint density at radius 2 is 1.56 bits per heavy atom. The Balaban J connectivity index is 1.52. The second-order valence-corrected chi connectivity index (χ2v) is 21.6. The number of hydrogen-bond acceptors (Lipinski definition) is 9. The largest absolute Gasteiger partial charge is 0.351 e. The number of carbonyl (C=O) groups excluding carboxylic acids is 2. The number of benzene rings is 2. The molecule has 0 aliphatic carbocycles. The summed E-state index contributed by atoms with van der Waals surface area (Å²) in [6, 6.07) is 14.1. The van der Waals surface area contributed by atoms with Crippen LogP contribution in [-0.4, -0.2) is 90.7 Å². The van der Waals surface area contributed by atoms with Gasteiger partial charge in [0, 0.05) is 64.8 Å². The van der Waals surface area contributed by atoms with E-state index in [2.05, 4.69) is 109 Å². The summed E-state index contributed by atoms with van der Waals surface area (Å²) in [6.45, 7) is 16.2. The van der Waals surface area contributed by atoms with E-state index >= 15 is 0 Å². The average Bonchev–Trinajstić information content (AvgIpc) is 3.85. The number of hydrogen-bond donors (Lipinski definition) is 4. The van der Waals surface area contributed by atoms with E-state index in [1.54, 1.807) is 19.1 Å². The molecule has 4 N–H and O–H groups in total. The highest BCUT2D eigenvalue weighted by Crippen LogP contribution is 2.52. The average molecular weight is 933 g/mol. The molecule has 1 atom stereocenters. The van der Waals surface area contributed by atoms with Crippen LogP contribution in [0.2, 0.25) is 0 Å². The minimum Gasteiger partial charge on any atom is -0.351 e. The van der Waals surface area contributed by atoms with Crippen molar-refractivity contribution in [2.24, 2.45) is 0 Å². The first kappa shape index (κ1) is 48.7. The number of nitrogens with one attached hydrogen (secondary N) is 2. The highest BCUT2D eigenvalue weighted by Gasteiger charge is 2.49. The smallest absolute Gasteiger partial charge is 0.269 e. The molecule has 344 valence electrons. The molecule has 2 aliphatic rings. The third-order valence-electron chi connectivity index (χ3n) is 12.3. The van der Waals surface area contributed by atoms with Gasteiger partial charge in [0.25, 0.3) is 32.1 Å². The summed E-state index contributed by atoms with van der Waals surface area (Å²) in [5, 5.41) is 8.13. The predicted octanol–water partition coefficient (Wildman–Crippen LogP) is 8.89. The van der Waals surface area contributed by atoms with Crippen molar-refractivity contribution in [3.63, 3.8) is 0 Å². The third-order valence-corrected chi connectivity index (χ3v) is 14.8. The lowest BCUT2D eigenvalue weighted by Gasteiger charge is -2.27. The molecule has 0 spiro atoms. The van der Waals surface area contributed by atoms with Gasteiger partial charge in [-0.25, -0.2) is 4.98 Å². The van der Waals surface area contributed by atoms with E-state index in [0.29, 0.717) is 18.7 Å². The lowest BCUT2D eigenvalue weighted by molar-refractivity contribution is -0.435. The van der Waals surface area contributed by atoms with Crippen molar-refractivity contribution in [3.8, 4) is 11.1 Å². The molecule has 4 heterocycles. The molecule has 6 rings (SSSR count). The zero-order valence-corrected chi connectivity index (χ0v) is 40.4. The van der Waals surface area contributed by atoms with E-state index in [1.165, 1.54) is 40.3 Å². The van der Waals surface area contributed by atoms with Gasteiger partial charge in [-0.2, -0.15) is 21.4 Å². The fourth-order valence-electron chi connectivity index (χ4n) is 9.29. The van der Waals surface area contributed by atoms with Crippen molar-refractivity contribution >= 4 is 70.6 Å². The van der Waals surface area contributed by atoms with Crippen LogP contribution < -0.4 is 15.5 Å². The van der Waals surface area contributed by atoms with Gasteiger partial charge in [0.05, 0.1) is 22.3 Å². The summed E-state index contributed by atoms with van der Waals surface area (Å²) in [5.41, 5.74) is 8.21. The quantitative estimate of drug-likeness (QED) is 0.0379. The summed E-state index contributed by atoms with van der Waals surface area (Å²) in [5.74, 6) is -2.29. The lowest BCUT2D eigenvalue weighted by atomic mass is 9.74. The van der Waals surface area contributed by atoms with Crippen molar-refractivity contribution < 1.29 is 40.1 Å². The van der Waals surface area contributed by atoms with Crippen LogP contribution in [0.25, 0.3) is 21.2 Å². The zero-order chi connectivity index (χ0) is 46.6. The number of anilines is 1. The van der Waals surface area contributed by atoms with Crippen LogP contribution in [0.3, 0.4) is 0 Å². The van der Waals surface area contributed by atoms with E-state index in [1.807, 2.05) is 11.4 Å². The molecule has 0 fully saturated rings. The lowest BCUT2D eigenvalue weighted by Crippen LogP contribution is -2.31. The number of aryl methyl sites for hydroxylation is 1. The topological polar surface area (TPSA) is 186 Å². The number of aromatic nitrogens is 1. The van der Waals surface area contributed by atoms with E-state index in [0.717, 1.165) is 71.3 Å². The first-order valence-corrected chi connectivity index (χ1v) is 26.3. The summed E-state index contributed by atoms with van der Waals surface area (Å²) in [4.78, 5) is 33.6. The highest BCUT2D eigenvalue weighted by molar-refractivity contribution is 7.86. The molecule has 4 aromatic rings. The predicted molar refractivity (Wildman–Crippen MR) is 258 cm³/mol. The van der Waals surface area contributed by atoms with Gasteiger partial charge in [-0.05, 0) is 86.5 Å². The second-order valence-electron chi connectivity index (χ2n) is 17.5. The maximum atomic E-state index is 13.4. The minimum absolute atomic E-state index is 0.00224. The fraction of sp³-hybridized carbons (Fsp3) is 0.458. The first-order chi connectivity index (χ1) is 30.2. The molecule has 0 saturated carbocycles. The minimum atomic E-state index is -4.34. The maximum Gasteiger partial charge on any atom is 0.269 e. The molecule has 0 unspecified atom stereocenters. The van der Waals surface area contributed by atoms with Crippen molar-refractivity contribution in [3.05, 3.63) is 99.8 Å². The molecule has 13 nitrogen and oxygen atoms in total. The fourth-order valence-corrected chi connectivity index (χ4v) is 11.1. The maximum absolute atomic E-state index is 13.4. The molecule has 16 heteroatoms. The van der Waals surface area contributed by atoms with Gasteiger partial charge < -0.3 is 15.5 Å².